The third-order valence-electron chi connectivity index (χ3n) is 12.2. The zero-order valence-electron chi connectivity index (χ0n) is 34.3. The molecule has 0 unspecified atom stereocenters. The Hall–Kier alpha value is -5.96. The number of fused-ring (bicyclic) bond motifs is 5. The fourth-order valence-electron chi connectivity index (χ4n) is 9.09. The molecule has 2 saturated heterocycles. The first kappa shape index (κ1) is 39.8. The first-order chi connectivity index (χ1) is 28.4. The highest BCUT2D eigenvalue weighted by Crippen LogP contribution is 2.46. The lowest BCUT2D eigenvalue weighted by molar-refractivity contribution is -0.137. The number of nitrogens with zero attached hydrogens (tertiary/aromatic N) is 4. The minimum absolute atomic E-state index is 0.0681. The van der Waals surface area contributed by atoms with Crippen LogP contribution in [0.4, 0.5) is 9.59 Å². The van der Waals surface area contributed by atoms with Crippen molar-refractivity contribution in [2.45, 2.75) is 90.4 Å². The summed E-state index contributed by atoms with van der Waals surface area (Å²) in [5, 5.41) is 5.44. The molecular formula is C44H52N8O7. The number of benzene rings is 2. The van der Waals surface area contributed by atoms with Crippen molar-refractivity contribution in [3.63, 3.8) is 0 Å². The summed E-state index contributed by atoms with van der Waals surface area (Å²) in [5.41, 5.74) is 7.88. The normalized spacial score (nSPS) is 21.6. The zero-order valence-corrected chi connectivity index (χ0v) is 34.3. The van der Waals surface area contributed by atoms with Crippen molar-refractivity contribution < 1.29 is 33.4 Å². The number of likely N-dealkylation sites (tertiary alicyclic amines) is 2. The number of carbonyl (C=O) groups excluding carboxylic acids is 4. The van der Waals surface area contributed by atoms with E-state index in [9.17, 15) is 19.2 Å². The van der Waals surface area contributed by atoms with Crippen LogP contribution >= 0.6 is 0 Å². The standard InChI is InChI=1S/C44H52N8O7/c1-23(2)36(49-43(55)57-5)41(53)51-15-7-8-35(51)39-45-19-33(47-39)25-10-13-31-28(16-25)21-59-22-29-17-26(11-14-32(29)31)34-20-46-40(48-34)38-27-9-12-30(18-27)52(38)42(54)37(24(3)4)50-44(56)58-6/h9-14,16-17,19-20,23-24,27,30,35-38H,7-8,15,18,21-22H2,1-6H3,(H,45,47)(H,46,48)(H,49,55)(H,50,56)/t27-,30+,35-,36-,37-,38-/m0/s1. The molecule has 2 bridgehead atoms. The number of rotatable bonds is 10. The number of aromatic nitrogens is 4. The molecule has 0 spiro atoms. The van der Waals surface area contributed by atoms with E-state index in [1.165, 1.54) is 14.2 Å². The van der Waals surface area contributed by atoms with E-state index in [1.807, 2.05) is 49.9 Å². The summed E-state index contributed by atoms with van der Waals surface area (Å²) < 4.78 is 15.8. The Kier molecular flexibility index (Phi) is 11.0. The molecule has 1 aliphatic carbocycles. The summed E-state index contributed by atoms with van der Waals surface area (Å²) in [4.78, 5) is 72.0. The lowest BCUT2D eigenvalue weighted by Gasteiger charge is -2.35. The summed E-state index contributed by atoms with van der Waals surface area (Å²) in [6, 6.07) is 10.7. The number of hydrogen-bond donors (Lipinski definition) is 4. The number of nitrogens with one attached hydrogen (secondary N) is 4. The van der Waals surface area contributed by atoms with Gasteiger partial charge in [0, 0.05) is 12.5 Å². The smallest absolute Gasteiger partial charge is 0.407 e. The number of hydrogen-bond acceptors (Lipinski definition) is 9. The van der Waals surface area contributed by atoms with E-state index in [1.54, 1.807) is 0 Å². The van der Waals surface area contributed by atoms with E-state index in [-0.39, 0.29) is 47.7 Å². The molecule has 59 heavy (non-hydrogen) atoms. The van der Waals surface area contributed by atoms with Crippen molar-refractivity contribution in [1.82, 2.24) is 40.4 Å². The van der Waals surface area contributed by atoms with E-state index < -0.39 is 24.3 Å². The fourth-order valence-corrected chi connectivity index (χ4v) is 9.09. The van der Waals surface area contributed by atoms with Crippen LogP contribution in [0.2, 0.25) is 0 Å². The van der Waals surface area contributed by atoms with Crippen LogP contribution in [0.15, 0.2) is 60.9 Å². The summed E-state index contributed by atoms with van der Waals surface area (Å²) in [6.07, 6.45) is 9.02. The molecule has 15 nitrogen and oxygen atoms in total. The van der Waals surface area contributed by atoms with Gasteiger partial charge in [-0.15, -0.1) is 0 Å². The predicted molar refractivity (Wildman–Crippen MR) is 218 cm³/mol. The van der Waals surface area contributed by atoms with E-state index in [2.05, 4.69) is 69.2 Å². The molecule has 2 aromatic heterocycles. The molecule has 4 amide bonds. The molecule has 2 aromatic carbocycles. The molecule has 0 radical (unpaired) electrons. The highest BCUT2D eigenvalue weighted by molar-refractivity contribution is 5.88. The molecule has 15 heteroatoms. The van der Waals surface area contributed by atoms with Crippen LogP contribution < -0.4 is 10.6 Å². The van der Waals surface area contributed by atoms with Crippen molar-refractivity contribution in [2.24, 2.45) is 17.8 Å². The van der Waals surface area contributed by atoms with Crippen molar-refractivity contribution >= 4 is 24.0 Å². The van der Waals surface area contributed by atoms with E-state index in [4.69, 9.17) is 24.2 Å². The van der Waals surface area contributed by atoms with Crippen LogP contribution in [-0.2, 0) is 37.0 Å². The third-order valence-corrected chi connectivity index (χ3v) is 12.2. The van der Waals surface area contributed by atoms with Crippen LogP contribution in [0.25, 0.3) is 33.6 Å². The number of amides is 4. The lowest BCUT2D eigenvalue weighted by Crippen LogP contribution is -2.53. The average molecular weight is 805 g/mol. The maximum absolute atomic E-state index is 14.0. The topological polar surface area (TPSA) is 184 Å². The van der Waals surface area contributed by atoms with Gasteiger partial charge in [0.25, 0.3) is 0 Å². The Morgan fingerprint density at radius 2 is 1.34 bits per heavy atom. The molecule has 0 saturated carbocycles. The molecule has 3 aliphatic heterocycles. The maximum Gasteiger partial charge on any atom is 0.407 e. The van der Waals surface area contributed by atoms with Crippen LogP contribution in [0, 0.1) is 17.8 Å². The van der Waals surface area contributed by atoms with Gasteiger partial charge in [-0.3, -0.25) is 9.59 Å². The Morgan fingerprint density at radius 3 is 1.92 bits per heavy atom. The van der Waals surface area contributed by atoms with Gasteiger partial charge in [-0.2, -0.15) is 0 Å². The van der Waals surface area contributed by atoms with E-state index >= 15 is 0 Å². The monoisotopic (exact) mass is 804 g/mol. The average Bonchev–Trinajstić information content (AvgIpc) is 4.09. The van der Waals surface area contributed by atoms with Crippen LogP contribution in [0.3, 0.4) is 0 Å². The molecule has 310 valence electrons. The minimum atomic E-state index is -0.727. The number of carbonyl (C=O) groups is 4. The minimum Gasteiger partial charge on any atom is -0.453 e. The Labute approximate surface area is 343 Å². The van der Waals surface area contributed by atoms with Gasteiger partial charge in [-0.05, 0) is 76.6 Å². The van der Waals surface area contributed by atoms with Gasteiger partial charge in [0.1, 0.15) is 23.7 Å². The molecule has 4 aromatic rings. The van der Waals surface area contributed by atoms with Gasteiger partial charge in [0.15, 0.2) is 0 Å². The number of imidazole rings is 2. The molecule has 8 rings (SSSR count). The number of methoxy groups -OCH3 is 2. The number of alkyl carbamates (subject to hydrolysis) is 2. The predicted octanol–water partition coefficient (Wildman–Crippen LogP) is 6.42. The quantitative estimate of drug-likeness (QED) is 0.132. The summed E-state index contributed by atoms with van der Waals surface area (Å²) in [6.45, 7) is 9.06. The summed E-state index contributed by atoms with van der Waals surface area (Å²) >= 11 is 0. The molecule has 2 fully saturated rings. The van der Waals surface area contributed by atoms with Gasteiger partial charge in [0.2, 0.25) is 11.8 Å². The van der Waals surface area contributed by atoms with Crippen molar-refractivity contribution in [3.8, 4) is 33.6 Å². The second kappa shape index (κ2) is 16.4. The largest absolute Gasteiger partial charge is 0.453 e. The van der Waals surface area contributed by atoms with Gasteiger partial charge in [-0.1, -0.05) is 64.1 Å². The first-order valence-electron chi connectivity index (χ1n) is 20.4. The number of aromatic amines is 2. The van der Waals surface area contributed by atoms with Gasteiger partial charge in [-0.25, -0.2) is 19.6 Å². The number of H-pyrrole nitrogens is 2. The maximum atomic E-state index is 14.0. The van der Waals surface area contributed by atoms with E-state index in [0.29, 0.717) is 31.4 Å². The summed E-state index contributed by atoms with van der Waals surface area (Å²) in [5.74, 6) is 0.984. The second-order valence-corrected chi connectivity index (χ2v) is 16.5. The second-order valence-electron chi connectivity index (χ2n) is 16.5. The first-order valence-corrected chi connectivity index (χ1v) is 20.4. The van der Waals surface area contributed by atoms with Crippen molar-refractivity contribution in [1.29, 1.82) is 0 Å². The fraction of sp³-hybridized carbons (Fsp3) is 0.455. The third kappa shape index (κ3) is 7.59. The Balaban J connectivity index is 1.00. The highest BCUT2D eigenvalue weighted by Gasteiger charge is 2.49. The Bertz CT molecular complexity index is 2280. The zero-order chi connectivity index (χ0) is 41.5. The summed E-state index contributed by atoms with van der Waals surface area (Å²) in [7, 11) is 2.58. The molecule has 6 atom stereocenters. The molecule has 4 aliphatic rings. The van der Waals surface area contributed by atoms with Crippen LogP contribution in [-0.4, -0.2) is 92.6 Å². The lowest BCUT2D eigenvalue weighted by atomic mass is 9.93. The van der Waals surface area contributed by atoms with Gasteiger partial charge >= 0.3 is 12.2 Å². The molecule has 4 N–H and O–H groups in total. The van der Waals surface area contributed by atoms with Gasteiger partial charge in [0.05, 0.1) is 69.3 Å². The molecule has 5 heterocycles. The Morgan fingerprint density at radius 1 is 0.780 bits per heavy atom. The van der Waals surface area contributed by atoms with Crippen LogP contribution in [0.1, 0.15) is 81.8 Å². The van der Waals surface area contributed by atoms with Crippen LogP contribution in [0.5, 0.6) is 0 Å². The van der Waals surface area contributed by atoms with Crippen molar-refractivity contribution in [3.05, 3.63) is 83.7 Å². The van der Waals surface area contributed by atoms with Gasteiger partial charge < -0.3 is 44.6 Å². The SMILES string of the molecule is COC(=O)N[C@H](C(=O)N1CCC[C@H]1c1ncc(-c2ccc3c(c2)COCc2cc(-c4cnc([C@@H]5[C@H]6C=C[C@H](C6)N5C(=O)[C@@H](NC(=O)OC)C(C)C)[nH]4)ccc2-3)[nH]1)C(C)C. The van der Waals surface area contributed by atoms with E-state index in [0.717, 1.165) is 64.0 Å². The van der Waals surface area contributed by atoms with Crippen molar-refractivity contribution in [2.75, 3.05) is 20.8 Å². The number of ether oxygens (including phenoxy) is 3. The molecular weight excluding hydrogens is 753 g/mol. The highest BCUT2D eigenvalue weighted by atomic mass is 16.5.